The van der Waals surface area contributed by atoms with E-state index in [0.29, 0.717) is 0 Å². The van der Waals surface area contributed by atoms with Gasteiger partial charge >= 0.3 is 0 Å². The van der Waals surface area contributed by atoms with Gasteiger partial charge in [0.2, 0.25) is 0 Å². The lowest BCUT2D eigenvalue weighted by atomic mass is 9.83. The van der Waals surface area contributed by atoms with Crippen molar-refractivity contribution in [3.63, 3.8) is 0 Å². The summed E-state index contributed by atoms with van der Waals surface area (Å²) < 4.78 is 0. The third kappa shape index (κ3) is 3.16. The van der Waals surface area contributed by atoms with E-state index in [2.05, 4.69) is 36.7 Å². The summed E-state index contributed by atoms with van der Waals surface area (Å²) in [4.78, 5) is 6.69. The third-order valence-electron chi connectivity index (χ3n) is 3.74. The van der Waals surface area contributed by atoms with Crippen LogP contribution in [0.3, 0.4) is 0 Å². The highest BCUT2D eigenvalue weighted by Gasteiger charge is 2.23. The van der Waals surface area contributed by atoms with Gasteiger partial charge in [0.1, 0.15) is 5.82 Å². The Morgan fingerprint density at radius 3 is 2.63 bits per heavy atom. The lowest BCUT2D eigenvalue weighted by Gasteiger charge is -2.33. The van der Waals surface area contributed by atoms with Crippen molar-refractivity contribution in [2.24, 2.45) is 5.41 Å². The van der Waals surface area contributed by atoms with Gasteiger partial charge in [-0.3, -0.25) is 0 Å². The first kappa shape index (κ1) is 14.1. The maximum atomic E-state index is 9.83. The fourth-order valence-electron chi connectivity index (χ4n) is 2.54. The molecule has 0 saturated carbocycles. The second-order valence-electron chi connectivity index (χ2n) is 6.27. The van der Waals surface area contributed by atoms with Crippen molar-refractivity contribution in [3.05, 3.63) is 35.5 Å². The first-order valence-electron chi connectivity index (χ1n) is 6.97. The Hall–Kier alpha value is -1.35. The summed E-state index contributed by atoms with van der Waals surface area (Å²) in [6, 6.07) is 3.84. The minimum atomic E-state index is -0.475. The molecule has 1 aliphatic heterocycles. The zero-order valence-corrected chi connectivity index (χ0v) is 12.3. The van der Waals surface area contributed by atoms with Crippen LogP contribution in [0.2, 0.25) is 0 Å². The monoisotopic (exact) mass is 260 g/mol. The molecule has 1 aromatic rings. The zero-order valence-electron chi connectivity index (χ0n) is 12.3. The predicted octanol–water partition coefficient (Wildman–Crippen LogP) is 3.32. The number of pyridine rings is 1. The van der Waals surface area contributed by atoms with Crippen LogP contribution in [-0.4, -0.2) is 23.2 Å². The largest absolute Gasteiger partial charge is 0.389 e. The fourth-order valence-corrected chi connectivity index (χ4v) is 2.54. The molecule has 0 aromatic carbocycles. The predicted molar refractivity (Wildman–Crippen MR) is 79.2 cm³/mol. The minimum Gasteiger partial charge on any atom is -0.389 e. The van der Waals surface area contributed by atoms with E-state index >= 15 is 0 Å². The lowest BCUT2D eigenvalue weighted by molar-refractivity contribution is 0.199. The highest BCUT2D eigenvalue weighted by atomic mass is 16.3. The SMILES string of the molecule is CC(O)c1cccnc1N1CC=C(C(C)(C)C)CC1. The zero-order chi connectivity index (χ0) is 14.0. The van der Waals surface area contributed by atoms with Crippen LogP contribution >= 0.6 is 0 Å². The highest BCUT2D eigenvalue weighted by Crippen LogP contribution is 2.32. The molecule has 1 N–H and O–H groups in total. The van der Waals surface area contributed by atoms with Crippen LogP contribution in [0.5, 0.6) is 0 Å². The molecule has 1 aromatic heterocycles. The summed E-state index contributed by atoms with van der Waals surface area (Å²) in [5, 5.41) is 9.83. The van der Waals surface area contributed by atoms with Gasteiger partial charge in [-0.15, -0.1) is 0 Å². The van der Waals surface area contributed by atoms with Crippen LogP contribution in [0.15, 0.2) is 30.0 Å². The first-order chi connectivity index (χ1) is 8.89. The molecule has 0 saturated heterocycles. The molecular formula is C16H24N2O. The van der Waals surface area contributed by atoms with E-state index in [1.54, 1.807) is 13.1 Å². The van der Waals surface area contributed by atoms with Crippen LogP contribution in [0.4, 0.5) is 5.82 Å². The quantitative estimate of drug-likeness (QED) is 0.829. The number of hydrogen-bond acceptors (Lipinski definition) is 3. The molecule has 2 rings (SSSR count). The maximum absolute atomic E-state index is 9.83. The van der Waals surface area contributed by atoms with Crippen molar-refractivity contribution in [1.82, 2.24) is 4.98 Å². The Labute approximate surface area is 116 Å². The highest BCUT2D eigenvalue weighted by molar-refractivity contribution is 5.49. The Kier molecular flexibility index (Phi) is 3.95. The van der Waals surface area contributed by atoms with Crippen LogP contribution in [-0.2, 0) is 0 Å². The Bertz CT molecular complexity index is 472. The molecule has 0 fully saturated rings. The normalized spacial score (nSPS) is 18.2. The molecule has 2 heterocycles. The number of nitrogens with zero attached hydrogens (tertiary/aromatic N) is 2. The number of aliphatic hydroxyl groups excluding tert-OH is 1. The van der Waals surface area contributed by atoms with E-state index in [0.717, 1.165) is 30.9 Å². The van der Waals surface area contributed by atoms with Gasteiger partial charge in [-0.25, -0.2) is 4.98 Å². The van der Waals surface area contributed by atoms with Crippen molar-refractivity contribution in [1.29, 1.82) is 0 Å². The van der Waals surface area contributed by atoms with E-state index in [1.165, 1.54) is 5.57 Å². The summed E-state index contributed by atoms with van der Waals surface area (Å²) in [7, 11) is 0. The van der Waals surface area contributed by atoms with Gasteiger partial charge < -0.3 is 10.0 Å². The second-order valence-corrected chi connectivity index (χ2v) is 6.27. The van der Waals surface area contributed by atoms with Crippen LogP contribution in [0.1, 0.15) is 45.8 Å². The number of aliphatic hydroxyl groups is 1. The van der Waals surface area contributed by atoms with Crippen molar-refractivity contribution in [2.75, 3.05) is 18.0 Å². The molecular weight excluding hydrogens is 236 g/mol. The van der Waals surface area contributed by atoms with Gasteiger partial charge in [-0.2, -0.15) is 0 Å². The third-order valence-corrected chi connectivity index (χ3v) is 3.74. The first-order valence-corrected chi connectivity index (χ1v) is 6.97. The number of anilines is 1. The second kappa shape index (κ2) is 5.33. The van der Waals surface area contributed by atoms with Gasteiger partial charge in [-0.05, 0) is 24.8 Å². The summed E-state index contributed by atoms with van der Waals surface area (Å²) in [6.45, 7) is 10.4. The van der Waals surface area contributed by atoms with Gasteiger partial charge in [0.15, 0.2) is 0 Å². The fraction of sp³-hybridized carbons (Fsp3) is 0.562. The molecule has 0 amide bonds. The van der Waals surface area contributed by atoms with Crippen molar-refractivity contribution in [2.45, 2.75) is 40.2 Å². The van der Waals surface area contributed by atoms with Gasteiger partial charge in [-0.1, -0.05) is 38.5 Å². The maximum Gasteiger partial charge on any atom is 0.134 e. The van der Waals surface area contributed by atoms with Crippen LogP contribution < -0.4 is 4.90 Å². The molecule has 3 nitrogen and oxygen atoms in total. The summed E-state index contributed by atoms with van der Waals surface area (Å²) in [5.74, 6) is 0.918. The number of aromatic nitrogens is 1. The molecule has 1 unspecified atom stereocenters. The van der Waals surface area contributed by atoms with E-state index in [1.807, 2.05) is 12.1 Å². The summed E-state index contributed by atoms with van der Waals surface area (Å²) >= 11 is 0. The molecule has 19 heavy (non-hydrogen) atoms. The Balaban J connectivity index is 2.21. The molecule has 0 spiro atoms. The number of rotatable bonds is 2. The van der Waals surface area contributed by atoms with Crippen molar-refractivity contribution >= 4 is 5.82 Å². The molecule has 0 bridgehead atoms. The molecule has 1 atom stereocenters. The van der Waals surface area contributed by atoms with Gasteiger partial charge in [0.05, 0.1) is 6.10 Å². The van der Waals surface area contributed by atoms with Crippen LogP contribution in [0.25, 0.3) is 0 Å². The average molecular weight is 260 g/mol. The molecule has 1 aliphatic rings. The van der Waals surface area contributed by atoms with Gasteiger partial charge in [0.25, 0.3) is 0 Å². The van der Waals surface area contributed by atoms with Crippen molar-refractivity contribution in [3.8, 4) is 0 Å². The van der Waals surface area contributed by atoms with Crippen molar-refractivity contribution < 1.29 is 5.11 Å². The Morgan fingerprint density at radius 2 is 2.11 bits per heavy atom. The van der Waals surface area contributed by atoms with E-state index in [4.69, 9.17) is 0 Å². The molecule has 104 valence electrons. The molecule has 0 radical (unpaired) electrons. The smallest absolute Gasteiger partial charge is 0.134 e. The Morgan fingerprint density at radius 1 is 1.37 bits per heavy atom. The molecule has 3 heteroatoms. The van der Waals surface area contributed by atoms with E-state index in [9.17, 15) is 5.11 Å². The molecule has 0 aliphatic carbocycles. The summed E-state index contributed by atoms with van der Waals surface area (Å²) in [6.07, 6.45) is 4.70. The number of hydrogen-bond donors (Lipinski definition) is 1. The standard InChI is InChI=1S/C16H24N2O/c1-12(19)14-6-5-9-17-15(14)18-10-7-13(8-11-18)16(2,3)4/h5-7,9,12,19H,8,10-11H2,1-4H3. The van der Waals surface area contributed by atoms with E-state index in [-0.39, 0.29) is 5.41 Å². The minimum absolute atomic E-state index is 0.253. The van der Waals surface area contributed by atoms with Crippen LogP contribution in [0, 0.1) is 5.41 Å². The summed E-state index contributed by atoms with van der Waals surface area (Å²) in [5.41, 5.74) is 2.68. The lowest BCUT2D eigenvalue weighted by Crippen LogP contribution is -2.32. The van der Waals surface area contributed by atoms with Gasteiger partial charge in [0, 0.05) is 24.8 Å². The average Bonchev–Trinajstić information content (AvgIpc) is 2.38. The topological polar surface area (TPSA) is 36.4 Å². The van der Waals surface area contributed by atoms with E-state index < -0.39 is 6.10 Å².